The molecule has 0 spiro atoms. The molecule has 2 N–H and O–H groups in total. The first kappa shape index (κ1) is 24.9. The number of likely N-dealkylation sites (N-methyl/N-ethyl adjacent to an activating group) is 1. The topological polar surface area (TPSA) is 55.8 Å². The predicted octanol–water partition coefficient (Wildman–Crippen LogP) is 3.33. The Morgan fingerprint density at radius 1 is 1.18 bits per heavy atom. The van der Waals surface area contributed by atoms with Crippen LogP contribution < -0.4 is 15.5 Å². The van der Waals surface area contributed by atoms with Crippen LogP contribution in [-0.4, -0.2) is 62.7 Å². The van der Waals surface area contributed by atoms with Crippen LogP contribution >= 0.6 is 24.0 Å². The molecule has 6 nitrogen and oxygen atoms in total. The molecule has 1 aliphatic heterocycles. The van der Waals surface area contributed by atoms with Gasteiger partial charge in [0.15, 0.2) is 5.96 Å². The van der Waals surface area contributed by atoms with Crippen LogP contribution in [0.25, 0.3) is 0 Å². The van der Waals surface area contributed by atoms with Crippen LogP contribution in [0.4, 0.5) is 5.82 Å². The molecule has 1 saturated heterocycles. The minimum Gasteiger partial charge on any atom is -0.356 e. The summed E-state index contributed by atoms with van der Waals surface area (Å²) in [4.78, 5) is 13.7. The van der Waals surface area contributed by atoms with Gasteiger partial charge in [-0.25, -0.2) is 4.98 Å². The number of piperazine rings is 1. The van der Waals surface area contributed by atoms with E-state index in [0.717, 1.165) is 51.0 Å². The standard InChI is InChI=1S/C21H38N6.HI/c1-5-7-8-18(6-2)15-24-21(22-3)25-17-19-9-10-20(23-16-19)27-13-11-26(4)12-14-27;/h9-10,16,18H,5-8,11-15,17H2,1-4H3,(H2,22,24,25);1H. The van der Waals surface area contributed by atoms with Gasteiger partial charge in [-0.1, -0.05) is 39.2 Å². The third kappa shape index (κ3) is 8.51. The quantitative estimate of drug-likeness (QED) is 0.308. The van der Waals surface area contributed by atoms with E-state index in [9.17, 15) is 0 Å². The van der Waals surface area contributed by atoms with E-state index >= 15 is 0 Å². The molecule has 7 heteroatoms. The zero-order valence-electron chi connectivity index (χ0n) is 18.1. The average molecular weight is 502 g/mol. The molecule has 0 amide bonds. The number of halogens is 1. The van der Waals surface area contributed by atoms with E-state index in [4.69, 9.17) is 0 Å². The highest BCUT2D eigenvalue weighted by atomic mass is 127. The third-order valence-corrected chi connectivity index (χ3v) is 5.42. The number of hydrogen-bond acceptors (Lipinski definition) is 4. The van der Waals surface area contributed by atoms with E-state index < -0.39 is 0 Å². The second-order valence-electron chi connectivity index (χ2n) is 7.54. The second-order valence-corrected chi connectivity index (χ2v) is 7.54. The highest BCUT2D eigenvalue weighted by Crippen LogP contribution is 2.14. The van der Waals surface area contributed by atoms with Crippen LogP contribution in [-0.2, 0) is 6.54 Å². The first-order chi connectivity index (χ1) is 13.2. The van der Waals surface area contributed by atoms with Gasteiger partial charge in [0, 0.05) is 52.5 Å². The number of anilines is 1. The van der Waals surface area contributed by atoms with Gasteiger partial charge in [0.05, 0.1) is 0 Å². The Morgan fingerprint density at radius 3 is 2.50 bits per heavy atom. The fourth-order valence-electron chi connectivity index (χ4n) is 3.33. The molecular formula is C21H39IN6. The van der Waals surface area contributed by atoms with Gasteiger partial charge in [-0.3, -0.25) is 4.99 Å². The van der Waals surface area contributed by atoms with Crippen molar-refractivity contribution >= 4 is 35.8 Å². The van der Waals surface area contributed by atoms with E-state index in [1.165, 1.54) is 31.2 Å². The number of unbranched alkanes of at least 4 members (excludes halogenated alkanes) is 1. The summed E-state index contributed by atoms with van der Waals surface area (Å²) in [6, 6.07) is 4.30. The highest BCUT2D eigenvalue weighted by molar-refractivity contribution is 14.0. The maximum Gasteiger partial charge on any atom is 0.191 e. The number of aromatic nitrogens is 1. The van der Waals surface area contributed by atoms with Crippen LogP contribution in [0.15, 0.2) is 23.3 Å². The van der Waals surface area contributed by atoms with Crippen molar-refractivity contribution < 1.29 is 0 Å². The Balaban J connectivity index is 0.00000392. The molecule has 1 unspecified atom stereocenters. The van der Waals surface area contributed by atoms with E-state index in [0.29, 0.717) is 5.92 Å². The summed E-state index contributed by atoms with van der Waals surface area (Å²) in [5.74, 6) is 2.66. The zero-order chi connectivity index (χ0) is 19.5. The Bertz CT molecular complexity index is 555. The SMILES string of the molecule is CCCCC(CC)CNC(=NC)NCc1ccc(N2CCN(C)CC2)nc1.I. The van der Waals surface area contributed by atoms with Gasteiger partial charge < -0.3 is 20.4 Å². The largest absolute Gasteiger partial charge is 0.356 e. The molecule has 2 rings (SSSR count). The number of pyridine rings is 1. The average Bonchev–Trinajstić information content (AvgIpc) is 2.71. The lowest BCUT2D eigenvalue weighted by Crippen LogP contribution is -2.44. The van der Waals surface area contributed by atoms with Gasteiger partial charge in [0.1, 0.15) is 5.82 Å². The Kier molecular flexibility index (Phi) is 12.5. The fraction of sp³-hybridized carbons (Fsp3) is 0.714. The maximum absolute atomic E-state index is 4.66. The molecular weight excluding hydrogens is 463 g/mol. The lowest BCUT2D eigenvalue weighted by Gasteiger charge is -2.33. The van der Waals surface area contributed by atoms with Crippen LogP contribution in [0, 0.1) is 5.92 Å². The summed E-state index contributed by atoms with van der Waals surface area (Å²) in [6.07, 6.45) is 7.04. The van der Waals surface area contributed by atoms with Gasteiger partial charge >= 0.3 is 0 Å². The van der Waals surface area contributed by atoms with Crippen molar-refractivity contribution in [1.82, 2.24) is 20.5 Å². The van der Waals surface area contributed by atoms with Crippen LogP contribution in [0.3, 0.4) is 0 Å². The summed E-state index contributed by atoms with van der Waals surface area (Å²) >= 11 is 0. The van der Waals surface area contributed by atoms with E-state index in [2.05, 4.69) is 63.4 Å². The first-order valence-electron chi connectivity index (χ1n) is 10.5. The zero-order valence-corrected chi connectivity index (χ0v) is 20.4. The summed E-state index contributed by atoms with van der Waals surface area (Å²) in [6.45, 7) is 10.5. The molecule has 1 fully saturated rings. The summed E-state index contributed by atoms with van der Waals surface area (Å²) in [5.41, 5.74) is 1.17. The Morgan fingerprint density at radius 2 is 1.93 bits per heavy atom. The second kappa shape index (κ2) is 14.0. The number of hydrogen-bond donors (Lipinski definition) is 2. The molecule has 1 aromatic rings. The minimum atomic E-state index is 0. The molecule has 0 aromatic carbocycles. The number of rotatable bonds is 9. The lowest BCUT2D eigenvalue weighted by atomic mass is 9.99. The van der Waals surface area contributed by atoms with E-state index in [1.54, 1.807) is 0 Å². The third-order valence-electron chi connectivity index (χ3n) is 5.42. The molecule has 0 saturated carbocycles. The van der Waals surface area contributed by atoms with Gasteiger partial charge in [0.25, 0.3) is 0 Å². The lowest BCUT2D eigenvalue weighted by molar-refractivity contribution is 0.312. The maximum atomic E-state index is 4.66. The summed E-state index contributed by atoms with van der Waals surface area (Å²) < 4.78 is 0. The number of nitrogens with one attached hydrogen (secondary N) is 2. The smallest absolute Gasteiger partial charge is 0.191 e. The Labute approximate surface area is 188 Å². The first-order valence-corrected chi connectivity index (χ1v) is 10.5. The molecule has 28 heavy (non-hydrogen) atoms. The van der Waals surface area contributed by atoms with Crippen molar-refractivity contribution in [2.45, 2.75) is 46.1 Å². The molecule has 2 heterocycles. The highest BCUT2D eigenvalue weighted by Gasteiger charge is 2.15. The normalized spacial score (nSPS) is 16.4. The number of aliphatic imine (C=N–C) groups is 1. The van der Waals surface area contributed by atoms with Crippen molar-refractivity contribution in [1.29, 1.82) is 0 Å². The number of nitrogens with zero attached hydrogens (tertiary/aromatic N) is 4. The van der Waals surface area contributed by atoms with E-state index in [1.807, 2.05) is 13.2 Å². The van der Waals surface area contributed by atoms with Crippen LogP contribution in [0.5, 0.6) is 0 Å². The molecule has 1 aliphatic rings. The van der Waals surface area contributed by atoms with Crippen LogP contribution in [0.2, 0.25) is 0 Å². The molecule has 0 radical (unpaired) electrons. The summed E-state index contributed by atoms with van der Waals surface area (Å²) in [5, 5.41) is 6.88. The monoisotopic (exact) mass is 502 g/mol. The predicted molar refractivity (Wildman–Crippen MR) is 131 cm³/mol. The summed E-state index contributed by atoms with van der Waals surface area (Å²) in [7, 11) is 4.00. The molecule has 0 bridgehead atoms. The van der Waals surface area contributed by atoms with Crippen molar-refractivity contribution in [3.05, 3.63) is 23.9 Å². The van der Waals surface area contributed by atoms with Crippen LogP contribution in [0.1, 0.15) is 45.1 Å². The Hall–Kier alpha value is -1.09. The van der Waals surface area contributed by atoms with Crippen molar-refractivity contribution in [3.8, 4) is 0 Å². The van der Waals surface area contributed by atoms with Gasteiger partial charge in [0.2, 0.25) is 0 Å². The minimum absolute atomic E-state index is 0. The number of guanidine groups is 1. The van der Waals surface area contributed by atoms with E-state index in [-0.39, 0.29) is 24.0 Å². The molecule has 0 aliphatic carbocycles. The molecule has 1 aromatic heterocycles. The van der Waals surface area contributed by atoms with Crippen molar-refractivity contribution in [2.75, 3.05) is 51.7 Å². The van der Waals surface area contributed by atoms with Crippen molar-refractivity contribution in [3.63, 3.8) is 0 Å². The van der Waals surface area contributed by atoms with Gasteiger partial charge in [-0.15, -0.1) is 24.0 Å². The van der Waals surface area contributed by atoms with Gasteiger partial charge in [-0.05, 0) is 31.0 Å². The molecule has 160 valence electrons. The van der Waals surface area contributed by atoms with Crippen molar-refractivity contribution in [2.24, 2.45) is 10.9 Å². The fourth-order valence-corrected chi connectivity index (χ4v) is 3.33. The molecule has 1 atom stereocenters. The van der Waals surface area contributed by atoms with Gasteiger partial charge in [-0.2, -0.15) is 0 Å².